The van der Waals surface area contributed by atoms with Crippen LogP contribution in [0.4, 0.5) is 11.6 Å². The van der Waals surface area contributed by atoms with Crippen molar-refractivity contribution in [2.45, 2.75) is 19.8 Å². The average molecular weight is 260 g/mol. The molecule has 6 heteroatoms. The zero-order valence-electron chi connectivity index (χ0n) is 10.9. The minimum absolute atomic E-state index is 0.231. The van der Waals surface area contributed by atoms with Crippen LogP contribution in [0.5, 0.6) is 0 Å². The van der Waals surface area contributed by atoms with Crippen molar-refractivity contribution in [2.75, 3.05) is 17.7 Å². The van der Waals surface area contributed by atoms with E-state index >= 15 is 0 Å². The predicted octanol–water partition coefficient (Wildman–Crippen LogP) is 2.32. The van der Waals surface area contributed by atoms with E-state index < -0.39 is 0 Å². The fraction of sp³-hybridized carbons (Fsp3) is 0.308. The van der Waals surface area contributed by atoms with Crippen molar-refractivity contribution in [1.29, 1.82) is 0 Å². The Morgan fingerprint density at radius 2 is 2.21 bits per heavy atom. The number of pyridine rings is 1. The van der Waals surface area contributed by atoms with Crippen LogP contribution >= 0.6 is 0 Å². The topological polar surface area (TPSA) is 80.0 Å². The molecular weight excluding hydrogens is 244 g/mol. The van der Waals surface area contributed by atoms with E-state index in [0.717, 1.165) is 18.5 Å². The van der Waals surface area contributed by atoms with E-state index in [4.69, 9.17) is 0 Å². The number of aromatic nitrogens is 2. The highest BCUT2D eigenvalue weighted by molar-refractivity contribution is 6.04. The lowest BCUT2D eigenvalue weighted by Gasteiger charge is -2.07. The van der Waals surface area contributed by atoms with Gasteiger partial charge in [-0.25, -0.2) is 4.98 Å². The molecule has 6 nitrogen and oxygen atoms in total. The second-order valence-electron chi connectivity index (χ2n) is 4.07. The molecule has 0 radical (unpaired) electrons. The third kappa shape index (κ3) is 3.31. The minimum atomic E-state index is -0.231. The summed E-state index contributed by atoms with van der Waals surface area (Å²) >= 11 is 0. The van der Waals surface area contributed by atoms with Gasteiger partial charge in [0.15, 0.2) is 5.82 Å². The van der Waals surface area contributed by atoms with Crippen molar-refractivity contribution in [3.05, 3.63) is 35.7 Å². The summed E-state index contributed by atoms with van der Waals surface area (Å²) in [5, 5.41) is 9.26. The van der Waals surface area contributed by atoms with Crippen molar-refractivity contribution < 1.29 is 9.32 Å². The van der Waals surface area contributed by atoms with E-state index in [1.165, 1.54) is 6.26 Å². The summed E-state index contributed by atoms with van der Waals surface area (Å²) in [6.45, 7) is 2.07. The SMILES string of the molecule is CCCc1cc(C(=O)Nc2ccon2)cc(NC)n1. The number of hydrogen-bond donors (Lipinski definition) is 2. The first-order valence-electron chi connectivity index (χ1n) is 6.13. The number of nitrogens with one attached hydrogen (secondary N) is 2. The van der Waals surface area contributed by atoms with Crippen LogP contribution in [0, 0.1) is 0 Å². The molecule has 0 bridgehead atoms. The Bertz CT molecular complexity index is 552. The van der Waals surface area contributed by atoms with Gasteiger partial charge in [-0.2, -0.15) is 0 Å². The van der Waals surface area contributed by atoms with Crippen LogP contribution in [-0.2, 0) is 6.42 Å². The summed E-state index contributed by atoms with van der Waals surface area (Å²) in [4.78, 5) is 16.5. The van der Waals surface area contributed by atoms with Crippen molar-refractivity contribution in [3.8, 4) is 0 Å². The number of hydrogen-bond acceptors (Lipinski definition) is 5. The molecule has 2 aromatic heterocycles. The lowest BCUT2D eigenvalue weighted by molar-refractivity contribution is 0.102. The smallest absolute Gasteiger partial charge is 0.257 e. The van der Waals surface area contributed by atoms with E-state index in [2.05, 4.69) is 32.2 Å². The highest BCUT2D eigenvalue weighted by Crippen LogP contribution is 2.13. The number of nitrogens with zero attached hydrogens (tertiary/aromatic N) is 2. The molecule has 100 valence electrons. The van der Waals surface area contributed by atoms with Crippen LogP contribution in [0.3, 0.4) is 0 Å². The Morgan fingerprint density at radius 1 is 1.37 bits per heavy atom. The van der Waals surface area contributed by atoms with Crippen LogP contribution in [0.15, 0.2) is 29.0 Å². The molecule has 0 aliphatic heterocycles. The number of carbonyl (C=O) groups excluding carboxylic acids is 1. The summed E-state index contributed by atoms with van der Waals surface area (Å²) in [5.74, 6) is 0.839. The van der Waals surface area contributed by atoms with Crippen LogP contribution in [0.1, 0.15) is 29.4 Å². The largest absolute Gasteiger partial charge is 0.373 e. The van der Waals surface area contributed by atoms with Gasteiger partial charge in [0.1, 0.15) is 12.1 Å². The van der Waals surface area contributed by atoms with E-state index in [-0.39, 0.29) is 5.91 Å². The summed E-state index contributed by atoms with van der Waals surface area (Å²) in [5.41, 5.74) is 1.44. The van der Waals surface area contributed by atoms with Gasteiger partial charge in [-0.05, 0) is 18.6 Å². The molecule has 0 saturated carbocycles. The number of rotatable bonds is 5. The number of anilines is 2. The van der Waals surface area contributed by atoms with Gasteiger partial charge in [0.05, 0.1) is 0 Å². The molecule has 2 rings (SSSR count). The molecule has 19 heavy (non-hydrogen) atoms. The molecule has 1 amide bonds. The highest BCUT2D eigenvalue weighted by Gasteiger charge is 2.11. The Labute approximate surface area is 111 Å². The normalized spacial score (nSPS) is 10.2. The minimum Gasteiger partial charge on any atom is -0.373 e. The first-order chi connectivity index (χ1) is 9.22. The molecule has 2 N–H and O–H groups in total. The van der Waals surface area contributed by atoms with Crippen LogP contribution in [0.25, 0.3) is 0 Å². The zero-order valence-corrected chi connectivity index (χ0v) is 10.9. The van der Waals surface area contributed by atoms with E-state index in [1.807, 2.05) is 0 Å². The summed E-state index contributed by atoms with van der Waals surface area (Å²) in [7, 11) is 1.78. The zero-order chi connectivity index (χ0) is 13.7. The fourth-order valence-corrected chi connectivity index (χ4v) is 1.70. The Morgan fingerprint density at radius 3 is 2.84 bits per heavy atom. The predicted molar refractivity (Wildman–Crippen MR) is 72.2 cm³/mol. The summed E-state index contributed by atoms with van der Waals surface area (Å²) < 4.78 is 4.67. The van der Waals surface area contributed by atoms with Gasteiger partial charge in [0.25, 0.3) is 5.91 Å². The van der Waals surface area contributed by atoms with Crippen LogP contribution in [0.2, 0.25) is 0 Å². The molecule has 2 aromatic rings. The Hall–Kier alpha value is -2.37. The van der Waals surface area contributed by atoms with Gasteiger partial charge in [-0.15, -0.1) is 0 Å². The third-order valence-corrected chi connectivity index (χ3v) is 2.58. The van der Waals surface area contributed by atoms with Crippen LogP contribution < -0.4 is 10.6 Å². The highest BCUT2D eigenvalue weighted by atomic mass is 16.5. The van der Waals surface area contributed by atoms with Gasteiger partial charge in [-0.1, -0.05) is 18.5 Å². The Balaban J connectivity index is 2.22. The first kappa shape index (κ1) is 13.1. The van der Waals surface area contributed by atoms with Gasteiger partial charge in [0.2, 0.25) is 0 Å². The summed E-state index contributed by atoms with van der Waals surface area (Å²) in [6.07, 6.45) is 3.22. The van der Waals surface area contributed by atoms with Gasteiger partial charge < -0.3 is 15.2 Å². The summed E-state index contributed by atoms with van der Waals surface area (Å²) in [6, 6.07) is 5.08. The maximum Gasteiger partial charge on any atom is 0.257 e. The fourth-order valence-electron chi connectivity index (χ4n) is 1.70. The van der Waals surface area contributed by atoms with Gasteiger partial charge >= 0.3 is 0 Å². The Kier molecular flexibility index (Phi) is 4.12. The van der Waals surface area contributed by atoms with E-state index in [0.29, 0.717) is 17.2 Å². The van der Waals surface area contributed by atoms with Crippen molar-refractivity contribution in [3.63, 3.8) is 0 Å². The maximum atomic E-state index is 12.1. The van der Waals surface area contributed by atoms with Crippen molar-refractivity contribution in [1.82, 2.24) is 10.1 Å². The number of aryl methyl sites for hydroxylation is 1. The molecule has 0 aromatic carbocycles. The van der Waals surface area contributed by atoms with Gasteiger partial charge in [-0.3, -0.25) is 4.79 Å². The molecule has 0 aliphatic carbocycles. The molecule has 2 heterocycles. The van der Waals surface area contributed by atoms with Crippen molar-refractivity contribution in [2.24, 2.45) is 0 Å². The quantitative estimate of drug-likeness (QED) is 0.862. The lowest BCUT2D eigenvalue weighted by Crippen LogP contribution is -2.13. The average Bonchev–Trinajstić information content (AvgIpc) is 2.91. The number of carbonyl (C=O) groups is 1. The van der Waals surface area contributed by atoms with E-state index in [9.17, 15) is 4.79 Å². The second-order valence-corrected chi connectivity index (χ2v) is 4.07. The second kappa shape index (κ2) is 5.99. The molecule has 0 fully saturated rings. The lowest BCUT2D eigenvalue weighted by atomic mass is 10.1. The number of amides is 1. The molecule has 0 atom stereocenters. The van der Waals surface area contributed by atoms with Gasteiger partial charge in [0, 0.05) is 24.4 Å². The molecule has 0 saturated heterocycles. The van der Waals surface area contributed by atoms with Crippen molar-refractivity contribution >= 4 is 17.5 Å². The van der Waals surface area contributed by atoms with E-state index in [1.54, 1.807) is 25.2 Å². The molecule has 0 spiro atoms. The maximum absolute atomic E-state index is 12.1. The standard InChI is InChI=1S/C13H16N4O2/c1-3-4-10-7-9(8-12(14-2)15-10)13(18)16-11-5-6-19-17-11/h5-8H,3-4H2,1-2H3,(H,14,15)(H,16,17,18). The molecular formula is C13H16N4O2. The molecule has 0 unspecified atom stereocenters. The monoisotopic (exact) mass is 260 g/mol. The molecule has 0 aliphatic rings. The van der Waals surface area contributed by atoms with Crippen LogP contribution in [-0.4, -0.2) is 23.1 Å². The third-order valence-electron chi connectivity index (χ3n) is 2.58. The first-order valence-corrected chi connectivity index (χ1v) is 6.13.